The van der Waals surface area contributed by atoms with E-state index in [9.17, 15) is 0 Å². The van der Waals surface area contributed by atoms with Crippen LogP contribution in [0.3, 0.4) is 0 Å². The van der Waals surface area contributed by atoms with Crippen LogP contribution in [0.1, 0.15) is 48.9 Å². The molecule has 0 aliphatic carbocycles. The standard InChI is InChI=1S/C17H22N6O2S/c1-12(15-18-13(2)21-25-15)26-17-20-19-16(22-8-4-3-5-9-22)23(17)11-14-7-6-10-24-14/h6-7,10,12H,3-5,8-9,11H2,1-2H3/t12-/m1/s1. The van der Waals surface area contributed by atoms with Crippen LogP contribution in [0.5, 0.6) is 0 Å². The molecule has 9 heteroatoms. The summed E-state index contributed by atoms with van der Waals surface area (Å²) in [6.07, 6.45) is 5.34. The van der Waals surface area contributed by atoms with Gasteiger partial charge in [-0.3, -0.25) is 4.57 Å². The van der Waals surface area contributed by atoms with E-state index in [-0.39, 0.29) is 5.25 Å². The summed E-state index contributed by atoms with van der Waals surface area (Å²) < 4.78 is 13.0. The van der Waals surface area contributed by atoms with Crippen LogP contribution < -0.4 is 4.90 Å². The molecule has 1 aliphatic rings. The third kappa shape index (κ3) is 3.62. The number of piperidine rings is 1. The molecule has 0 bridgehead atoms. The number of hydrogen-bond donors (Lipinski definition) is 0. The molecule has 0 aromatic carbocycles. The average molecular weight is 374 g/mol. The van der Waals surface area contributed by atoms with E-state index in [4.69, 9.17) is 8.94 Å². The molecule has 8 nitrogen and oxygen atoms in total. The van der Waals surface area contributed by atoms with Crippen LogP contribution in [0.2, 0.25) is 0 Å². The van der Waals surface area contributed by atoms with Gasteiger partial charge in [0.1, 0.15) is 5.76 Å². The first-order valence-corrected chi connectivity index (χ1v) is 9.76. The smallest absolute Gasteiger partial charge is 0.239 e. The van der Waals surface area contributed by atoms with Gasteiger partial charge in [0.25, 0.3) is 0 Å². The lowest BCUT2D eigenvalue weighted by molar-refractivity contribution is 0.376. The fraction of sp³-hybridized carbons (Fsp3) is 0.529. The van der Waals surface area contributed by atoms with E-state index >= 15 is 0 Å². The largest absolute Gasteiger partial charge is 0.467 e. The fourth-order valence-corrected chi connectivity index (χ4v) is 3.95. The summed E-state index contributed by atoms with van der Waals surface area (Å²) in [5, 5.41) is 13.6. The Hall–Kier alpha value is -2.29. The van der Waals surface area contributed by atoms with Crippen LogP contribution in [0.15, 0.2) is 32.5 Å². The van der Waals surface area contributed by atoms with Crippen molar-refractivity contribution in [3.05, 3.63) is 35.9 Å². The second kappa shape index (κ2) is 7.53. The van der Waals surface area contributed by atoms with Crippen LogP contribution in [0.4, 0.5) is 5.95 Å². The summed E-state index contributed by atoms with van der Waals surface area (Å²) in [4.78, 5) is 6.63. The summed E-state index contributed by atoms with van der Waals surface area (Å²) in [6.45, 7) is 6.48. The van der Waals surface area contributed by atoms with Gasteiger partial charge in [-0.2, -0.15) is 4.98 Å². The molecule has 3 aromatic heterocycles. The SMILES string of the molecule is Cc1noc([C@@H](C)Sc2nnc(N3CCCCC3)n2Cc2ccco2)n1. The molecule has 0 amide bonds. The van der Waals surface area contributed by atoms with E-state index in [2.05, 4.69) is 29.8 Å². The van der Waals surface area contributed by atoms with Gasteiger partial charge in [-0.1, -0.05) is 16.9 Å². The van der Waals surface area contributed by atoms with Crippen LogP contribution in [-0.4, -0.2) is 38.0 Å². The zero-order valence-electron chi connectivity index (χ0n) is 15.0. The molecule has 138 valence electrons. The average Bonchev–Trinajstić information content (AvgIpc) is 3.39. The molecule has 3 aromatic rings. The van der Waals surface area contributed by atoms with Gasteiger partial charge in [-0.05, 0) is 45.2 Å². The van der Waals surface area contributed by atoms with E-state index < -0.39 is 0 Å². The number of aromatic nitrogens is 5. The molecule has 1 saturated heterocycles. The molecule has 0 spiro atoms. The van der Waals surface area contributed by atoms with Gasteiger partial charge in [0.2, 0.25) is 11.8 Å². The predicted octanol–water partition coefficient (Wildman–Crippen LogP) is 3.45. The van der Waals surface area contributed by atoms with Gasteiger partial charge < -0.3 is 13.8 Å². The summed E-state index contributed by atoms with van der Waals surface area (Å²) in [5.41, 5.74) is 0. The molecule has 1 atom stereocenters. The Labute approximate surface area is 156 Å². The molecule has 1 aliphatic heterocycles. The second-order valence-corrected chi connectivity index (χ2v) is 7.74. The Balaban J connectivity index is 1.61. The van der Waals surface area contributed by atoms with Crippen LogP contribution >= 0.6 is 11.8 Å². The first-order valence-electron chi connectivity index (χ1n) is 8.88. The number of anilines is 1. The fourth-order valence-electron chi connectivity index (χ4n) is 3.08. The minimum absolute atomic E-state index is 0.00930. The number of hydrogen-bond acceptors (Lipinski definition) is 8. The van der Waals surface area contributed by atoms with E-state index in [1.165, 1.54) is 19.3 Å². The maximum Gasteiger partial charge on any atom is 0.239 e. The molecule has 26 heavy (non-hydrogen) atoms. The van der Waals surface area contributed by atoms with Crippen LogP contribution in [0.25, 0.3) is 0 Å². The number of nitrogens with zero attached hydrogens (tertiary/aromatic N) is 6. The number of aryl methyl sites for hydroxylation is 1. The van der Waals surface area contributed by atoms with Crippen molar-refractivity contribution in [2.75, 3.05) is 18.0 Å². The predicted molar refractivity (Wildman–Crippen MR) is 97.2 cm³/mol. The van der Waals surface area contributed by atoms with Crippen LogP contribution in [-0.2, 0) is 6.54 Å². The lowest BCUT2D eigenvalue weighted by atomic mass is 10.1. The lowest BCUT2D eigenvalue weighted by Crippen LogP contribution is -2.32. The maximum atomic E-state index is 5.55. The minimum Gasteiger partial charge on any atom is -0.467 e. The summed E-state index contributed by atoms with van der Waals surface area (Å²) in [5.74, 6) is 3.02. The van der Waals surface area contributed by atoms with Gasteiger partial charge >= 0.3 is 0 Å². The molecule has 0 saturated carbocycles. The zero-order chi connectivity index (χ0) is 17.9. The zero-order valence-corrected chi connectivity index (χ0v) is 15.8. The molecule has 0 N–H and O–H groups in total. The number of rotatable bonds is 6. The lowest BCUT2D eigenvalue weighted by Gasteiger charge is -2.27. The monoisotopic (exact) mass is 374 g/mol. The Morgan fingerprint density at radius 2 is 2.08 bits per heavy atom. The van der Waals surface area contributed by atoms with Crippen molar-refractivity contribution >= 4 is 17.7 Å². The molecule has 4 rings (SSSR count). The topological polar surface area (TPSA) is 86.0 Å². The van der Waals surface area contributed by atoms with Crippen LogP contribution in [0, 0.1) is 6.92 Å². The molecular formula is C17H22N6O2S. The minimum atomic E-state index is -0.00930. The molecule has 0 unspecified atom stereocenters. The Bertz CT molecular complexity index is 837. The van der Waals surface area contributed by atoms with Gasteiger partial charge in [-0.25, -0.2) is 0 Å². The summed E-state index contributed by atoms with van der Waals surface area (Å²) in [7, 11) is 0. The highest BCUT2D eigenvalue weighted by atomic mass is 32.2. The summed E-state index contributed by atoms with van der Waals surface area (Å²) >= 11 is 1.57. The molecular weight excluding hydrogens is 352 g/mol. The molecule has 1 fully saturated rings. The number of furan rings is 1. The Morgan fingerprint density at radius 3 is 2.77 bits per heavy atom. The van der Waals surface area contributed by atoms with Gasteiger partial charge in [-0.15, -0.1) is 10.2 Å². The van der Waals surface area contributed by atoms with Crippen molar-refractivity contribution in [2.24, 2.45) is 0 Å². The molecule has 4 heterocycles. The number of thioether (sulfide) groups is 1. The van der Waals surface area contributed by atoms with Crippen molar-refractivity contribution in [2.45, 2.75) is 50.1 Å². The van der Waals surface area contributed by atoms with Crippen molar-refractivity contribution in [3.63, 3.8) is 0 Å². The van der Waals surface area contributed by atoms with Crippen molar-refractivity contribution in [1.29, 1.82) is 0 Å². The van der Waals surface area contributed by atoms with Crippen molar-refractivity contribution in [3.8, 4) is 0 Å². The van der Waals surface area contributed by atoms with Gasteiger partial charge in [0, 0.05) is 13.1 Å². The highest BCUT2D eigenvalue weighted by Gasteiger charge is 2.24. The third-order valence-electron chi connectivity index (χ3n) is 4.40. The highest BCUT2D eigenvalue weighted by Crippen LogP contribution is 2.35. The quantitative estimate of drug-likeness (QED) is 0.606. The highest BCUT2D eigenvalue weighted by molar-refractivity contribution is 7.99. The molecule has 0 radical (unpaired) electrons. The normalized spacial score (nSPS) is 16.2. The Kier molecular flexibility index (Phi) is 4.96. The first kappa shape index (κ1) is 17.1. The van der Waals surface area contributed by atoms with Crippen molar-refractivity contribution < 1.29 is 8.94 Å². The van der Waals surface area contributed by atoms with E-state index in [1.54, 1.807) is 18.0 Å². The van der Waals surface area contributed by atoms with Gasteiger partial charge in [0.15, 0.2) is 11.0 Å². The second-order valence-electron chi connectivity index (χ2n) is 6.44. The van der Waals surface area contributed by atoms with E-state index in [0.717, 1.165) is 30.0 Å². The van der Waals surface area contributed by atoms with E-state index in [0.29, 0.717) is 18.3 Å². The van der Waals surface area contributed by atoms with E-state index in [1.807, 2.05) is 26.0 Å². The van der Waals surface area contributed by atoms with Gasteiger partial charge in [0.05, 0.1) is 18.1 Å². The third-order valence-corrected chi connectivity index (χ3v) is 5.47. The summed E-state index contributed by atoms with van der Waals surface area (Å²) in [6, 6.07) is 3.87. The first-order chi connectivity index (χ1) is 12.7. The maximum absolute atomic E-state index is 5.55. The van der Waals surface area contributed by atoms with Crippen molar-refractivity contribution in [1.82, 2.24) is 24.9 Å². The Morgan fingerprint density at radius 1 is 1.23 bits per heavy atom.